The Morgan fingerprint density at radius 1 is 1.03 bits per heavy atom. The number of thioether (sulfide) groups is 1. The maximum absolute atomic E-state index is 13.7. The molecule has 1 heterocycles. The number of hydrogen-bond donors (Lipinski definition) is 1. The predicted octanol–water partition coefficient (Wildman–Crippen LogP) is 5.65. The first kappa shape index (κ1) is 25.6. The molecule has 9 heteroatoms. The third-order valence-corrected chi connectivity index (χ3v) is 9.68. The number of halogens is 1. The summed E-state index contributed by atoms with van der Waals surface area (Å²) in [6.45, 7) is 1.84. The highest BCUT2D eigenvalue weighted by Gasteiger charge is 2.45. The Bertz CT molecular complexity index is 1280. The van der Waals surface area contributed by atoms with Gasteiger partial charge in [0.25, 0.3) is 0 Å². The number of nitrogens with zero attached hydrogens (tertiary/aromatic N) is 1. The van der Waals surface area contributed by atoms with Crippen LogP contribution in [0.15, 0.2) is 82.6 Å². The third-order valence-electron chi connectivity index (χ3n) is 6.18. The molecule has 0 aromatic heterocycles. The molecule has 1 aliphatic heterocycles. The molecule has 1 aliphatic rings. The average Bonchev–Trinajstić information content (AvgIpc) is 2.85. The zero-order valence-electron chi connectivity index (χ0n) is 19.3. The van der Waals surface area contributed by atoms with Crippen LogP contribution in [0.3, 0.4) is 0 Å². The zero-order valence-corrected chi connectivity index (χ0v) is 21.7. The van der Waals surface area contributed by atoms with Gasteiger partial charge in [-0.15, -0.1) is 11.8 Å². The van der Waals surface area contributed by atoms with Crippen LogP contribution < -0.4 is 4.74 Å². The summed E-state index contributed by atoms with van der Waals surface area (Å²) in [5.74, 6) is -1.19. The van der Waals surface area contributed by atoms with E-state index in [-0.39, 0.29) is 16.7 Å². The van der Waals surface area contributed by atoms with Gasteiger partial charge in [0.05, 0.1) is 24.0 Å². The Kier molecular flexibility index (Phi) is 7.76. The number of aliphatic carboxylic acids is 1. The molecule has 0 amide bonds. The maximum Gasteiger partial charge on any atom is 0.308 e. The first-order valence-electron chi connectivity index (χ1n) is 11.1. The highest BCUT2D eigenvalue weighted by Crippen LogP contribution is 2.44. The number of carbonyl (C=O) groups is 1. The monoisotopic (exact) mass is 531 g/mol. The summed E-state index contributed by atoms with van der Waals surface area (Å²) >= 11 is 7.43. The normalized spacial score (nSPS) is 20.9. The van der Waals surface area contributed by atoms with Crippen LogP contribution in [0.5, 0.6) is 5.75 Å². The topological polar surface area (TPSA) is 83.9 Å². The van der Waals surface area contributed by atoms with Gasteiger partial charge in [0.2, 0.25) is 10.0 Å². The summed E-state index contributed by atoms with van der Waals surface area (Å²) in [6, 6.07) is 20.6. The first-order chi connectivity index (χ1) is 16.7. The molecule has 0 radical (unpaired) electrons. The molecule has 0 saturated carbocycles. The minimum absolute atomic E-state index is 0.0874. The van der Waals surface area contributed by atoms with E-state index >= 15 is 0 Å². The fourth-order valence-electron chi connectivity index (χ4n) is 4.24. The molecule has 35 heavy (non-hydrogen) atoms. The van der Waals surface area contributed by atoms with Gasteiger partial charge in [0.15, 0.2) is 0 Å². The van der Waals surface area contributed by atoms with Crippen LogP contribution >= 0.6 is 23.4 Å². The van der Waals surface area contributed by atoms with Gasteiger partial charge in [-0.25, -0.2) is 8.42 Å². The molecule has 0 bridgehead atoms. The lowest BCUT2D eigenvalue weighted by molar-refractivity contribution is -0.143. The van der Waals surface area contributed by atoms with Crippen molar-refractivity contribution in [2.75, 3.05) is 13.7 Å². The number of benzene rings is 3. The van der Waals surface area contributed by atoms with Crippen molar-refractivity contribution in [2.45, 2.75) is 34.4 Å². The number of sulfonamides is 1. The van der Waals surface area contributed by atoms with Crippen LogP contribution in [0.2, 0.25) is 5.02 Å². The fourth-order valence-corrected chi connectivity index (χ4v) is 7.30. The minimum Gasteiger partial charge on any atom is -0.497 e. The lowest BCUT2D eigenvalue weighted by Crippen LogP contribution is -2.49. The maximum atomic E-state index is 13.7. The van der Waals surface area contributed by atoms with Gasteiger partial charge in [-0.2, -0.15) is 4.31 Å². The molecule has 3 atom stereocenters. The van der Waals surface area contributed by atoms with Gasteiger partial charge in [0, 0.05) is 21.7 Å². The molecule has 3 aromatic carbocycles. The minimum atomic E-state index is -3.97. The van der Waals surface area contributed by atoms with Crippen molar-refractivity contribution in [1.82, 2.24) is 4.31 Å². The summed E-state index contributed by atoms with van der Waals surface area (Å²) in [6.07, 6.45) is 0.351. The van der Waals surface area contributed by atoms with Crippen LogP contribution in [0, 0.1) is 12.8 Å². The predicted molar refractivity (Wildman–Crippen MR) is 138 cm³/mol. The molecular formula is C26H26ClNO5S2. The fraction of sp³-hybridized carbons (Fsp3) is 0.269. The number of aryl methyl sites for hydroxylation is 1. The number of piperidine rings is 1. The molecule has 1 saturated heterocycles. The molecular weight excluding hydrogens is 506 g/mol. The molecule has 4 rings (SSSR count). The van der Waals surface area contributed by atoms with E-state index in [9.17, 15) is 18.3 Å². The second-order valence-electron chi connectivity index (χ2n) is 8.47. The van der Waals surface area contributed by atoms with E-state index in [1.165, 1.54) is 40.3 Å². The van der Waals surface area contributed by atoms with Crippen LogP contribution in [-0.4, -0.2) is 42.7 Å². The SMILES string of the molecule is COc1ccc(S[C@@H]2C[C@@H](c3ccc(C)cc3)N(S(=O)(=O)c3ccc(Cl)cc3)C[C@H]2C(=O)O)cc1. The van der Waals surface area contributed by atoms with Crippen LogP contribution in [0.1, 0.15) is 23.6 Å². The van der Waals surface area contributed by atoms with Crippen molar-refractivity contribution < 1.29 is 23.1 Å². The van der Waals surface area contributed by atoms with Crippen LogP contribution in [0.25, 0.3) is 0 Å². The Balaban J connectivity index is 1.73. The number of methoxy groups -OCH3 is 1. The molecule has 0 unspecified atom stereocenters. The van der Waals surface area contributed by atoms with Crippen molar-refractivity contribution in [3.8, 4) is 5.75 Å². The van der Waals surface area contributed by atoms with Crippen molar-refractivity contribution in [2.24, 2.45) is 5.92 Å². The molecule has 184 valence electrons. The van der Waals surface area contributed by atoms with Crippen molar-refractivity contribution in [1.29, 1.82) is 0 Å². The van der Waals surface area contributed by atoms with Gasteiger partial charge in [-0.1, -0.05) is 41.4 Å². The molecule has 0 spiro atoms. The number of carboxylic acids is 1. The van der Waals surface area contributed by atoms with E-state index < -0.39 is 28.0 Å². The van der Waals surface area contributed by atoms with Crippen molar-refractivity contribution in [3.63, 3.8) is 0 Å². The molecule has 6 nitrogen and oxygen atoms in total. The van der Waals surface area contributed by atoms with Crippen molar-refractivity contribution in [3.05, 3.63) is 88.9 Å². The summed E-state index contributed by atoms with van der Waals surface area (Å²) in [5.41, 5.74) is 1.89. The van der Waals surface area contributed by atoms with E-state index in [0.29, 0.717) is 17.2 Å². The number of ether oxygens (including phenoxy) is 1. The Morgan fingerprint density at radius 2 is 1.66 bits per heavy atom. The van der Waals surface area contributed by atoms with E-state index in [0.717, 1.165) is 16.0 Å². The molecule has 3 aromatic rings. The van der Waals surface area contributed by atoms with Crippen molar-refractivity contribution >= 4 is 39.4 Å². The van der Waals surface area contributed by atoms with Gasteiger partial charge in [-0.05, 0) is 67.4 Å². The lowest BCUT2D eigenvalue weighted by Gasteiger charge is -2.41. The summed E-state index contributed by atoms with van der Waals surface area (Å²) < 4.78 is 34.0. The van der Waals surface area contributed by atoms with Crippen LogP contribution in [-0.2, 0) is 14.8 Å². The largest absolute Gasteiger partial charge is 0.497 e. The Morgan fingerprint density at radius 3 is 2.23 bits per heavy atom. The summed E-state index contributed by atoms with van der Waals surface area (Å²) in [7, 11) is -2.38. The van der Waals surface area contributed by atoms with E-state index in [1.807, 2.05) is 55.5 Å². The second kappa shape index (κ2) is 10.6. The smallest absolute Gasteiger partial charge is 0.308 e. The molecule has 0 aliphatic carbocycles. The summed E-state index contributed by atoms with van der Waals surface area (Å²) in [4.78, 5) is 13.3. The quantitative estimate of drug-likeness (QED) is 0.424. The van der Waals surface area contributed by atoms with E-state index in [4.69, 9.17) is 16.3 Å². The van der Waals surface area contributed by atoms with Crippen LogP contribution in [0.4, 0.5) is 0 Å². The Hall–Kier alpha value is -2.52. The van der Waals surface area contributed by atoms with E-state index in [1.54, 1.807) is 7.11 Å². The van der Waals surface area contributed by atoms with E-state index in [2.05, 4.69) is 0 Å². The number of carboxylic acid groups (broad SMARTS) is 1. The summed E-state index contributed by atoms with van der Waals surface area (Å²) in [5, 5.41) is 10.2. The first-order valence-corrected chi connectivity index (χ1v) is 13.8. The number of rotatable bonds is 7. The third kappa shape index (κ3) is 5.67. The molecule has 1 N–H and O–H groups in total. The van der Waals surface area contributed by atoms with Gasteiger partial charge < -0.3 is 9.84 Å². The van der Waals surface area contributed by atoms with Gasteiger partial charge in [-0.3, -0.25) is 4.79 Å². The lowest BCUT2D eigenvalue weighted by atomic mass is 9.90. The highest BCUT2D eigenvalue weighted by molar-refractivity contribution is 8.00. The number of hydrogen-bond acceptors (Lipinski definition) is 5. The standard InChI is InChI=1S/C26H26ClNO5S2/c1-17-3-5-18(6-4-17)24-15-25(34-21-11-9-20(33-2)10-12-21)23(26(29)30)16-28(24)35(31,32)22-13-7-19(27)8-14-22/h3-14,23-25H,15-16H2,1-2H3,(H,29,30)/t23-,24+,25-/m1/s1. The highest BCUT2D eigenvalue weighted by atomic mass is 35.5. The van der Waals surface area contributed by atoms with Gasteiger partial charge in [0.1, 0.15) is 5.75 Å². The van der Waals surface area contributed by atoms with Gasteiger partial charge >= 0.3 is 5.97 Å². The second-order valence-corrected chi connectivity index (χ2v) is 12.1. The zero-order chi connectivity index (χ0) is 25.2. The average molecular weight is 532 g/mol. The molecule has 1 fully saturated rings. The Labute approximate surface area is 214 Å².